The third-order valence-electron chi connectivity index (χ3n) is 3.85. The van der Waals surface area contributed by atoms with E-state index in [0.29, 0.717) is 5.92 Å². The van der Waals surface area contributed by atoms with Gasteiger partial charge in [0.05, 0.1) is 0 Å². The number of aryl methyl sites for hydroxylation is 2. The Kier molecular flexibility index (Phi) is 3.51. The smallest absolute Gasteiger partial charge is 0.0182 e. The predicted molar refractivity (Wildman–Crippen MR) is 76.0 cm³/mol. The average Bonchev–Trinajstić information content (AvgIpc) is 2.32. The second-order valence-corrected chi connectivity index (χ2v) is 5.25. The zero-order valence-electron chi connectivity index (χ0n) is 11.2. The molecule has 0 radical (unpaired) electrons. The topological polar surface area (TPSA) is 0 Å². The van der Waals surface area contributed by atoms with E-state index in [9.17, 15) is 0 Å². The van der Waals surface area contributed by atoms with E-state index in [4.69, 9.17) is 0 Å². The Hall–Kier alpha value is -1.30. The van der Waals surface area contributed by atoms with Crippen molar-refractivity contribution in [3.8, 4) is 0 Å². The molecule has 90 valence electrons. The minimum atomic E-state index is 0.664. The van der Waals surface area contributed by atoms with Gasteiger partial charge in [-0.25, -0.2) is 0 Å². The van der Waals surface area contributed by atoms with Crippen LogP contribution in [-0.2, 0) is 0 Å². The highest BCUT2D eigenvalue weighted by Crippen LogP contribution is 2.38. The normalized spacial score (nSPS) is 20.5. The van der Waals surface area contributed by atoms with Crippen LogP contribution in [-0.4, -0.2) is 0 Å². The molecule has 0 N–H and O–H groups in total. The van der Waals surface area contributed by atoms with Crippen molar-refractivity contribution in [1.29, 1.82) is 0 Å². The molecule has 0 fully saturated rings. The summed E-state index contributed by atoms with van der Waals surface area (Å²) in [6.45, 7) is 10.7. The maximum Gasteiger partial charge on any atom is -0.0182 e. The number of hydrogen-bond donors (Lipinski definition) is 0. The van der Waals surface area contributed by atoms with Gasteiger partial charge >= 0.3 is 0 Å². The lowest BCUT2D eigenvalue weighted by Gasteiger charge is -2.26. The van der Waals surface area contributed by atoms with Crippen LogP contribution in [0.15, 0.2) is 36.4 Å². The van der Waals surface area contributed by atoms with Crippen molar-refractivity contribution in [2.75, 3.05) is 0 Å². The molecule has 1 aromatic carbocycles. The summed E-state index contributed by atoms with van der Waals surface area (Å²) in [5.74, 6) is 0.664. The van der Waals surface area contributed by atoms with Gasteiger partial charge in [-0.3, -0.25) is 0 Å². The molecule has 1 atom stereocenters. The number of rotatable bonds is 2. The SMILES string of the molecule is C=CC1=C(c2cc(C)ccc2C)C(C)CCC1. The molecule has 1 unspecified atom stereocenters. The van der Waals surface area contributed by atoms with Crippen LogP contribution >= 0.6 is 0 Å². The van der Waals surface area contributed by atoms with Gasteiger partial charge < -0.3 is 0 Å². The van der Waals surface area contributed by atoms with Crippen LogP contribution in [0.4, 0.5) is 0 Å². The number of hydrogen-bond acceptors (Lipinski definition) is 0. The molecule has 0 aliphatic heterocycles. The third-order valence-corrected chi connectivity index (χ3v) is 3.85. The summed E-state index contributed by atoms with van der Waals surface area (Å²) in [5.41, 5.74) is 7.16. The first-order valence-corrected chi connectivity index (χ1v) is 6.56. The average molecular weight is 226 g/mol. The van der Waals surface area contributed by atoms with E-state index in [0.717, 1.165) is 0 Å². The molecule has 0 nitrogen and oxygen atoms in total. The number of benzene rings is 1. The van der Waals surface area contributed by atoms with Gasteiger partial charge in [-0.15, -0.1) is 0 Å². The molecule has 1 aromatic rings. The Bertz CT molecular complexity index is 463. The molecule has 0 spiro atoms. The van der Waals surface area contributed by atoms with E-state index in [2.05, 4.69) is 51.6 Å². The Morgan fingerprint density at radius 1 is 1.29 bits per heavy atom. The maximum absolute atomic E-state index is 3.99. The van der Waals surface area contributed by atoms with Gasteiger partial charge in [-0.2, -0.15) is 0 Å². The Labute approximate surface area is 105 Å². The molecule has 0 bridgehead atoms. The van der Waals surface area contributed by atoms with E-state index in [1.807, 2.05) is 0 Å². The van der Waals surface area contributed by atoms with Gasteiger partial charge in [-0.1, -0.05) is 43.3 Å². The summed E-state index contributed by atoms with van der Waals surface area (Å²) in [5, 5.41) is 0. The standard InChI is InChI=1S/C17H22/c1-5-15-8-6-7-14(4)17(15)16-11-12(2)9-10-13(16)3/h5,9-11,14H,1,6-8H2,2-4H3. The molecule has 0 aromatic heterocycles. The summed E-state index contributed by atoms with van der Waals surface area (Å²) >= 11 is 0. The molecule has 0 heterocycles. The van der Waals surface area contributed by atoms with Crippen molar-refractivity contribution in [3.63, 3.8) is 0 Å². The van der Waals surface area contributed by atoms with Crippen molar-refractivity contribution in [2.45, 2.75) is 40.0 Å². The lowest BCUT2D eigenvalue weighted by molar-refractivity contribution is 0.591. The fourth-order valence-corrected chi connectivity index (χ4v) is 2.87. The van der Waals surface area contributed by atoms with Crippen LogP contribution in [0.3, 0.4) is 0 Å². The van der Waals surface area contributed by atoms with Crippen molar-refractivity contribution in [2.24, 2.45) is 5.92 Å². The summed E-state index contributed by atoms with van der Waals surface area (Å²) in [6.07, 6.45) is 5.86. The Morgan fingerprint density at radius 3 is 2.76 bits per heavy atom. The lowest BCUT2D eigenvalue weighted by atomic mass is 9.79. The molecule has 0 heteroatoms. The fraction of sp³-hybridized carbons (Fsp3) is 0.412. The van der Waals surface area contributed by atoms with Crippen molar-refractivity contribution >= 4 is 5.57 Å². The largest absolute Gasteiger partial charge is 0.0988 e. The second-order valence-electron chi connectivity index (χ2n) is 5.25. The molecular weight excluding hydrogens is 204 g/mol. The summed E-state index contributed by atoms with van der Waals surface area (Å²) in [4.78, 5) is 0. The first-order chi connectivity index (χ1) is 8.13. The summed E-state index contributed by atoms with van der Waals surface area (Å²) < 4.78 is 0. The van der Waals surface area contributed by atoms with Crippen LogP contribution in [0.1, 0.15) is 42.9 Å². The van der Waals surface area contributed by atoms with E-state index >= 15 is 0 Å². The van der Waals surface area contributed by atoms with Gasteiger partial charge in [0.25, 0.3) is 0 Å². The van der Waals surface area contributed by atoms with Crippen LogP contribution in [0, 0.1) is 19.8 Å². The highest BCUT2D eigenvalue weighted by atomic mass is 14.2. The first-order valence-electron chi connectivity index (χ1n) is 6.56. The molecule has 0 saturated heterocycles. The van der Waals surface area contributed by atoms with Crippen LogP contribution < -0.4 is 0 Å². The van der Waals surface area contributed by atoms with E-state index in [1.165, 1.54) is 47.1 Å². The molecule has 0 saturated carbocycles. The van der Waals surface area contributed by atoms with Crippen molar-refractivity contribution < 1.29 is 0 Å². The monoisotopic (exact) mass is 226 g/mol. The van der Waals surface area contributed by atoms with Gasteiger partial charge in [0.15, 0.2) is 0 Å². The zero-order valence-corrected chi connectivity index (χ0v) is 11.2. The van der Waals surface area contributed by atoms with E-state index in [-0.39, 0.29) is 0 Å². The van der Waals surface area contributed by atoms with Crippen LogP contribution in [0.25, 0.3) is 5.57 Å². The zero-order chi connectivity index (χ0) is 12.4. The Balaban J connectivity index is 2.59. The number of allylic oxidation sites excluding steroid dienone is 3. The minimum Gasteiger partial charge on any atom is -0.0988 e. The van der Waals surface area contributed by atoms with Crippen LogP contribution in [0.2, 0.25) is 0 Å². The van der Waals surface area contributed by atoms with Crippen LogP contribution in [0.5, 0.6) is 0 Å². The molecular formula is C17H22. The van der Waals surface area contributed by atoms with E-state index < -0.39 is 0 Å². The van der Waals surface area contributed by atoms with Gasteiger partial charge in [0, 0.05) is 0 Å². The van der Waals surface area contributed by atoms with Gasteiger partial charge in [-0.05, 0) is 61.3 Å². The second kappa shape index (κ2) is 4.91. The highest BCUT2D eigenvalue weighted by molar-refractivity contribution is 5.75. The van der Waals surface area contributed by atoms with Gasteiger partial charge in [0.2, 0.25) is 0 Å². The molecule has 1 aliphatic rings. The highest BCUT2D eigenvalue weighted by Gasteiger charge is 2.20. The predicted octanol–water partition coefficient (Wildman–Crippen LogP) is 5.06. The maximum atomic E-state index is 3.99. The molecule has 0 amide bonds. The first kappa shape index (κ1) is 12.2. The van der Waals surface area contributed by atoms with Crippen molar-refractivity contribution in [3.05, 3.63) is 53.1 Å². The lowest BCUT2D eigenvalue weighted by Crippen LogP contribution is -2.09. The quantitative estimate of drug-likeness (QED) is 0.661. The third kappa shape index (κ3) is 2.36. The van der Waals surface area contributed by atoms with E-state index in [1.54, 1.807) is 0 Å². The molecule has 1 aliphatic carbocycles. The summed E-state index contributed by atoms with van der Waals surface area (Å²) in [7, 11) is 0. The molecule has 2 rings (SSSR count). The summed E-state index contributed by atoms with van der Waals surface area (Å²) in [6, 6.07) is 6.76. The Morgan fingerprint density at radius 2 is 2.06 bits per heavy atom. The minimum absolute atomic E-state index is 0.664. The molecule has 17 heavy (non-hydrogen) atoms. The van der Waals surface area contributed by atoms with Gasteiger partial charge in [0.1, 0.15) is 0 Å². The fourth-order valence-electron chi connectivity index (χ4n) is 2.87. The van der Waals surface area contributed by atoms with Crippen molar-refractivity contribution in [1.82, 2.24) is 0 Å².